The molecule has 0 heterocycles. The lowest BCUT2D eigenvalue weighted by Crippen LogP contribution is -2.13. The summed E-state index contributed by atoms with van der Waals surface area (Å²) in [5.41, 5.74) is 0. The van der Waals surface area contributed by atoms with Crippen LogP contribution in [0.15, 0.2) is 24.0 Å². The van der Waals surface area contributed by atoms with E-state index in [4.69, 9.17) is 5.11 Å². The number of carbonyl (C=O) groups is 2. The highest BCUT2D eigenvalue weighted by atomic mass is 16.4. The van der Waals surface area contributed by atoms with Gasteiger partial charge in [0.05, 0.1) is 0 Å². The van der Waals surface area contributed by atoms with Crippen LogP contribution in [0.1, 0.15) is 19.8 Å². The first-order chi connectivity index (χ1) is 6.07. The van der Waals surface area contributed by atoms with Crippen LogP contribution in [0.4, 0.5) is 0 Å². The average molecular weight is 183 g/mol. The fraction of sp³-hybridized carbons (Fsp3) is 0.333. The van der Waals surface area contributed by atoms with Gasteiger partial charge in [-0.3, -0.25) is 4.79 Å². The molecule has 0 aromatic carbocycles. The normalized spacial score (nSPS) is 11.9. The van der Waals surface area contributed by atoms with Crippen molar-refractivity contribution in [1.82, 2.24) is 0 Å². The molecule has 0 aromatic rings. The van der Waals surface area contributed by atoms with Crippen LogP contribution in [0.25, 0.3) is 0 Å². The third-order valence-electron chi connectivity index (χ3n) is 1.24. The van der Waals surface area contributed by atoms with Crippen molar-refractivity contribution in [2.24, 2.45) is 0 Å². The molecule has 0 rings (SSSR count). The third kappa shape index (κ3) is 5.66. The number of aliphatic carboxylic acids is 1. The quantitative estimate of drug-likeness (QED) is 0.376. The van der Waals surface area contributed by atoms with Gasteiger partial charge in [-0.15, -0.1) is 0 Å². The molecule has 0 aliphatic rings. The van der Waals surface area contributed by atoms with Gasteiger partial charge >= 0.3 is 5.97 Å². The maximum atomic E-state index is 10.8. The lowest BCUT2D eigenvalue weighted by atomic mass is 10.2. The summed E-state index contributed by atoms with van der Waals surface area (Å²) in [7, 11) is 0. The monoisotopic (exact) mass is 183 g/mol. The zero-order valence-corrected chi connectivity index (χ0v) is 7.32. The van der Waals surface area contributed by atoms with E-state index in [0.29, 0.717) is 6.42 Å². The van der Waals surface area contributed by atoms with E-state index in [1.54, 1.807) is 0 Å². The van der Waals surface area contributed by atoms with Gasteiger partial charge in [0.1, 0.15) is 0 Å². The van der Waals surface area contributed by atoms with E-state index >= 15 is 0 Å². The first-order valence-electron chi connectivity index (χ1n) is 3.89. The molecule has 0 unspecified atom stereocenters. The predicted molar refractivity (Wildman–Crippen MR) is 44.8 cm³/mol. The molecule has 72 valence electrons. The molecule has 0 spiro atoms. The fourth-order valence-electron chi connectivity index (χ4n) is 0.644. The van der Waals surface area contributed by atoms with E-state index in [1.807, 2.05) is 6.92 Å². The Morgan fingerprint density at radius 2 is 2.08 bits per heavy atom. The maximum Gasteiger partial charge on any atom is 0.320 e. The van der Waals surface area contributed by atoms with E-state index in [0.717, 1.165) is 18.6 Å². The molecule has 0 aliphatic carbocycles. The molecule has 0 saturated heterocycles. The van der Waals surface area contributed by atoms with Crippen LogP contribution in [0.5, 0.6) is 0 Å². The molecule has 0 aromatic heterocycles. The second-order valence-electron chi connectivity index (χ2n) is 2.41. The van der Waals surface area contributed by atoms with Crippen molar-refractivity contribution in [3.8, 4) is 0 Å². The Labute approximate surface area is 76.2 Å². The smallest absolute Gasteiger partial charge is 0.320 e. The van der Waals surface area contributed by atoms with Crippen molar-refractivity contribution in [2.45, 2.75) is 19.8 Å². The molecule has 0 radical (unpaired) electrons. The van der Waals surface area contributed by atoms with Gasteiger partial charge in [-0.05, 0) is 18.3 Å². The first-order valence-corrected chi connectivity index (χ1v) is 3.89. The van der Waals surface area contributed by atoms with Crippen molar-refractivity contribution in [3.63, 3.8) is 0 Å². The highest BCUT2D eigenvalue weighted by Gasteiger charge is 1.92. The lowest BCUT2D eigenvalue weighted by Gasteiger charge is -2.01. The summed E-state index contributed by atoms with van der Waals surface area (Å²) in [5, 5.41) is 18.6. The number of carbonyl (C=O) groups excluding carboxylic acids is 1. The minimum atomic E-state index is -1.52. The van der Waals surface area contributed by atoms with Crippen LogP contribution < -0.4 is 5.11 Å². The summed E-state index contributed by atoms with van der Waals surface area (Å²) >= 11 is 0. The third-order valence-corrected chi connectivity index (χ3v) is 1.24. The van der Waals surface area contributed by atoms with E-state index in [9.17, 15) is 14.7 Å². The van der Waals surface area contributed by atoms with E-state index in [2.05, 4.69) is 0 Å². The summed E-state index contributed by atoms with van der Waals surface area (Å²) in [6.07, 6.45) is 4.36. The summed E-state index contributed by atoms with van der Waals surface area (Å²) in [6.45, 7) is 1.86. The van der Waals surface area contributed by atoms with Gasteiger partial charge in [0.25, 0.3) is 0 Å². The van der Waals surface area contributed by atoms with Gasteiger partial charge < -0.3 is 10.2 Å². The fourth-order valence-corrected chi connectivity index (χ4v) is 0.644. The maximum absolute atomic E-state index is 10.8. The molecule has 0 amide bonds. The summed E-state index contributed by atoms with van der Waals surface area (Å²) in [4.78, 5) is 20.8. The van der Waals surface area contributed by atoms with Gasteiger partial charge in [0.15, 0.2) is 5.78 Å². The Morgan fingerprint density at radius 3 is 2.54 bits per heavy atom. The largest absolute Gasteiger partial charge is 0.868 e. The van der Waals surface area contributed by atoms with Gasteiger partial charge in [-0.2, -0.15) is 0 Å². The second kappa shape index (κ2) is 5.99. The molecule has 1 N–H and O–H groups in total. The van der Waals surface area contributed by atoms with Crippen LogP contribution >= 0.6 is 0 Å². The van der Waals surface area contributed by atoms with Crippen molar-refractivity contribution in [1.29, 1.82) is 0 Å². The Hall–Kier alpha value is -1.58. The molecule has 13 heavy (non-hydrogen) atoms. The second-order valence-corrected chi connectivity index (χ2v) is 2.41. The van der Waals surface area contributed by atoms with Gasteiger partial charge in [-0.25, -0.2) is 4.79 Å². The molecule has 0 fully saturated rings. The summed E-state index contributed by atoms with van der Waals surface area (Å²) < 4.78 is 0. The van der Waals surface area contributed by atoms with Crippen LogP contribution in [-0.4, -0.2) is 16.9 Å². The minimum Gasteiger partial charge on any atom is -0.868 e. The van der Waals surface area contributed by atoms with Crippen molar-refractivity contribution < 1.29 is 19.8 Å². The molecule has 0 bridgehead atoms. The molecule has 4 nitrogen and oxygen atoms in total. The van der Waals surface area contributed by atoms with Gasteiger partial charge in [0, 0.05) is 6.42 Å². The number of ketones is 1. The van der Waals surface area contributed by atoms with E-state index < -0.39 is 11.7 Å². The number of allylic oxidation sites excluding steroid dienone is 3. The minimum absolute atomic E-state index is 0.114. The molecule has 0 aliphatic heterocycles. The number of rotatable bonds is 5. The van der Waals surface area contributed by atoms with Crippen LogP contribution in [0.2, 0.25) is 0 Å². The lowest BCUT2D eigenvalue weighted by molar-refractivity contribution is -0.302. The molecule has 0 atom stereocenters. The Kier molecular flexibility index (Phi) is 5.27. The Morgan fingerprint density at radius 1 is 1.46 bits per heavy atom. The SMILES string of the molecule is CCCC(=O)/C=C/C=C(\[O-])C(=O)O. The highest BCUT2D eigenvalue weighted by Crippen LogP contribution is 1.91. The number of hydrogen-bond acceptors (Lipinski definition) is 3. The zero-order chi connectivity index (χ0) is 10.3. The highest BCUT2D eigenvalue weighted by molar-refractivity contribution is 5.90. The van der Waals surface area contributed by atoms with Gasteiger partial charge in [0.2, 0.25) is 0 Å². The Bertz CT molecular complexity index is 250. The van der Waals surface area contributed by atoms with E-state index in [1.165, 1.54) is 6.08 Å². The topological polar surface area (TPSA) is 77.4 Å². The summed E-state index contributed by atoms with van der Waals surface area (Å²) in [5.74, 6) is -2.66. The zero-order valence-electron chi connectivity index (χ0n) is 7.32. The molecular formula is C9H11O4-. The van der Waals surface area contributed by atoms with Crippen LogP contribution in [0.3, 0.4) is 0 Å². The number of hydrogen-bond donors (Lipinski definition) is 1. The summed E-state index contributed by atoms with van der Waals surface area (Å²) in [6, 6.07) is 0. The average Bonchev–Trinajstić information content (AvgIpc) is 2.04. The number of carboxylic acids is 1. The Balaban J connectivity index is 4.07. The standard InChI is InChI=1S/C9H12O4/c1-2-4-7(10)5-3-6-8(11)9(12)13/h3,5-6,11H,2,4H2,1H3,(H,12,13)/p-1/b5-3+,8-6-. The van der Waals surface area contributed by atoms with Gasteiger partial charge in [-0.1, -0.05) is 19.1 Å². The van der Waals surface area contributed by atoms with Crippen molar-refractivity contribution >= 4 is 11.8 Å². The molecule has 0 saturated carbocycles. The number of carboxylic acid groups (broad SMARTS) is 1. The first kappa shape index (κ1) is 11.4. The van der Waals surface area contributed by atoms with Crippen molar-refractivity contribution in [3.05, 3.63) is 24.0 Å². The van der Waals surface area contributed by atoms with Crippen LogP contribution in [0, 0.1) is 0 Å². The molecular weight excluding hydrogens is 172 g/mol. The van der Waals surface area contributed by atoms with E-state index in [-0.39, 0.29) is 5.78 Å². The van der Waals surface area contributed by atoms with Crippen LogP contribution in [-0.2, 0) is 9.59 Å². The molecule has 4 heteroatoms. The van der Waals surface area contributed by atoms with Crippen molar-refractivity contribution in [2.75, 3.05) is 0 Å². The predicted octanol–water partition coefficient (Wildman–Crippen LogP) is 0.241.